The number of rotatable bonds is 4. The van der Waals surface area contributed by atoms with E-state index in [4.69, 9.17) is 17.3 Å². The Morgan fingerprint density at radius 1 is 1.18 bits per heavy atom. The molecule has 6 nitrogen and oxygen atoms in total. The molecule has 22 heavy (non-hydrogen) atoms. The van der Waals surface area contributed by atoms with E-state index < -0.39 is 11.7 Å². The summed E-state index contributed by atoms with van der Waals surface area (Å²) in [7, 11) is 0. The molecular weight excluding hydrogens is 302 g/mol. The van der Waals surface area contributed by atoms with Gasteiger partial charge in [0, 0.05) is 5.69 Å². The molecule has 0 aliphatic rings. The summed E-state index contributed by atoms with van der Waals surface area (Å²) in [5, 5.41) is 27.7. The molecule has 0 aliphatic heterocycles. The Kier molecular flexibility index (Phi) is 5.05. The van der Waals surface area contributed by atoms with E-state index in [0.29, 0.717) is 0 Å². The van der Waals surface area contributed by atoms with E-state index >= 15 is 0 Å². The highest BCUT2D eigenvalue weighted by atomic mass is 32.1. The number of nitrogens with one attached hydrogen (secondary N) is 2. The van der Waals surface area contributed by atoms with E-state index in [9.17, 15) is 9.90 Å². The third-order valence-corrected chi connectivity index (χ3v) is 2.87. The molecule has 0 amide bonds. The van der Waals surface area contributed by atoms with E-state index in [-0.39, 0.29) is 16.2 Å². The van der Waals surface area contributed by atoms with Crippen LogP contribution in [0.3, 0.4) is 0 Å². The highest BCUT2D eigenvalue weighted by Gasteiger charge is 2.05. The SMILES string of the molecule is O=C(O)c1cccc(/C=N/NC(=S)Nc2ccccc2)c1[O-]. The van der Waals surface area contributed by atoms with Crippen LogP contribution in [0.2, 0.25) is 0 Å². The number of hydrogen-bond acceptors (Lipinski definition) is 4. The Hall–Kier alpha value is -2.93. The second-order valence-electron chi connectivity index (χ2n) is 4.22. The van der Waals surface area contributed by atoms with Crippen molar-refractivity contribution in [3.8, 4) is 5.75 Å². The molecule has 0 radical (unpaired) electrons. The molecule has 0 saturated carbocycles. The van der Waals surface area contributed by atoms with Gasteiger partial charge in [-0.2, -0.15) is 5.10 Å². The van der Waals surface area contributed by atoms with Crippen LogP contribution in [-0.2, 0) is 0 Å². The van der Waals surface area contributed by atoms with Gasteiger partial charge in [-0.3, -0.25) is 5.43 Å². The predicted octanol–water partition coefficient (Wildman–Crippen LogP) is 1.78. The van der Waals surface area contributed by atoms with Crippen molar-refractivity contribution in [3.63, 3.8) is 0 Å². The van der Waals surface area contributed by atoms with Gasteiger partial charge in [0.05, 0.1) is 11.8 Å². The number of carboxylic acids is 1. The van der Waals surface area contributed by atoms with Crippen molar-refractivity contribution in [3.05, 3.63) is 59.7 Å². The number of carboxylic acid groups (broad SMARTS) is 1. The first-order valence-corrected chi connectivity index (χ1v) is 6.67. The second kappa shape index (κ2) is 7.19. The molecule has 2 aromatic carbocycles. The van der Waals surface area contributed by atoms with E-state index in [1.807, 2.05) is 30.3 Å². The standard InChI is InChI=1S/C15H13N3O3S/c19-13-10(5-4-8-12(13)14(20)21)9-16-18-15(22)17-11-6-2-1-3-7-11/h1-9,19H,(H,20,21)(H2,17,18,22)/p-1/b16-9+. The number of nitrogens with zero attached hydrogens (tertiary/aromatic N) is 1. The number of para-hydroxylation sites is 2. The molecular formula is C15H12N3O3S-. The quantitative estimate of drug-likeness (QED) is 0.452. The van der Waals surface area contributed by atoms with Gasteiger partial charge in [0.2, 0.25) is 0 Å². The maximum absolute atomic E-state index is 11.8. The van der Waals surface area contributed by atoms with Crippen molar-refractivity contribution in [2.45, 2.75) is 0 Å². The van der Waals surface area contributed by atoms with Crippen molar-refractivity contribution in [2.24, 2.45) is 5.10 Å². The molecule has 0 aromatic heterocycles. The molecule has 2 aromatic rings. The summed E-state index contributed by atoms with van der Waals surface area (Å²) in [5.41, 5.74) is 3.22. The fraction of sp³-hybridized carbons (Fsp3) is 0. The van der Waals surface area contributed by atoms with Crippen LogP contribution in [0, 0.1) is 0 Å². The first-order valence-electron chi connectivity index (χ1n) is 6.26. The van der Waals surface area contributed by atoms with Crippen LogP contribution in [0.5, 0.6) is 5.75 Å². The minimum Gasteiger partial charge on any atom is -0.871 e. The number of thiocarbonyl (C=S) groups is 1. The van der Waals surface area contributed by atoms with Gasteiger partial charge in [-0.05, 0) is 36.0 Å². The van der Waals surface area contributed by atoms with Gasteiger partial charge in [0.25, 0.3) is 0 Å². The van der Waals surface area contributed by atoms with Crippen molar-refractivity contribution in [1.29, 1.82) is 0 Å². The van der Waals surface area contributed by atoms with Gasteiger partial charge < -0.3 is 15.5 Å². The summed E-state index contributed by atoms with van der Waals surface area (Å²) in [6.45, 7) is 0. The summed E-state index contributed by atoms with van der Waals surface area (Å²) >= 11 is 5.04. The molecule has 2 rings (SSSR count). The summed E-state index contributed by atoms with van der Waals surface area (Å²) in [6.07, 6.45) is 1.23. The average molecular weight is 314 g/mol. The zero-order valence-electron chi connectivity index (χ0n) is 11.3. The van der Waals surface area contributed by atoms with E-state index in [0.717, 1.165) is 5.69 Å². The molecule has 0 bridgehead atoms. The van der Waals surface area contributed by atoms with Gasteiger partial charge in [0.1, 0.15) is 0 Å². The first-order chi connectivity index (χ1) is 10.6. The molecule has 3 N–H and O–H groups in total. The molecule has 0 aliphatic carbocycles. The number of carbonyl (C=O) groups is 1. The largest absolute Gasteiger partial charge is 0.871 e. The van der Waals surface area contributed by atoms with Crippen LogP contribution in [0.4, 0.5) is 5.69 Å². The van der Waals surface area contributed by atoms with Crippen LogP contribution in [0.1, 0.15) is 15.9 Å². The third-order valence-electron chi connectivity index (χ3n) is 2.68. The summed E-state index contributed by atoms with van der Waals surface area (Å²) in [5.74, 6) is -1.86. The molecule has 112 valence electrons. The molecule has 0 saturated heterocycles. The maximum atomic E-state index is 11.8. The van der Waals surface area contributed by atoms with E-state index in [1.54, 1.807) is 0 Å². The van der Waals surface area contributed by atoms with Crippen LogP contribution in [0.25, 0.3) is 0 Å². The third kappa shape index (κ3) is 4.03. The van der Waals surface area contributed by atoms with Gasteiger partial charge in [-0.25, -0.2) is 4.79 Å². The highest BCUT2D eigenvalue weighted by Crippen LogP contribution is 2.17. The molecule has 0 unspecified atom stereocenters. The Labute approximate surface area is 132 Å². The fourth-order valence-electron chi connectivity index (χ4n) is 1.67. The Bertz CT molecular complexity index is 717. The van der Waals surface area contributed by atoms with Gasteiger partial charge in [-0.15, -0.1) is 0 Å². The van der Waals surface area contributed by atoms with Crippen molar-refractivity contribution in [1.82, 2.24) is 5.43 Å². The topological polar surface area (TPSA) is 96.8 Å². The minimum atomic E-state index is -1.27. The number of anilines is 1. The predicted molar refractivity (Wildman–Crippen MR) is 86.2 cm³/mol. The smallest absolute Gasteiger partial charge is 0.335 e. The lowest BCUT2D eigenvalue weighted by Crippen LogP contribution is -2.23. The van der Waals surface area contributed by atoms with Crippen molar-refractivity contribution < 1.29 is 15.0 Å². The maximum Gasteiger partial charge on any atom is 0.335 e. The molecule has 0 atom stereocenters. The van der Waals surface area contributed by atoms with Gasteiger partial charge in [-0.1, -0.05) is 36.1 Å². The Morgan fingerprint density at radius 2 is 1.91 bits per heavy atom. The molecule has 0 fully saturated rings. The van der Waals surface area contributed by atoms with Crippen molar-refractivity contribution in [2.75, 3.05) is 5.32 Å². The van der Waals surface area contributed by atoms with Crippen LogP contribution in [-0.4, -0.2) is 22.4 Å². The lowest BCUT2D eigenvalue weighted by molar-refractivity contribution is -0.269. The highest BCUT2D eigenvalue weighted by molar-refractivity contribution is 7.80. The van der Waals surface area contributed by atoms with Crippen LogP contribution < -0.4 is 15.8 Å². The fourth-order valence-corrected chi connectivity index (χ4v) is 1.84. The van der Waals surface area contributed by atoms with Crippen LogP contribution >= 0.6 is 12.2 Å². The zero-order valence-corrected chi connectivity index (χ0v) is 12.1. The average Bonchev–Trinajstić information content (AvgIpc) is 2.49. The summed E-state index contributed by atoms with van der Waals surface area (Å²) in [4.78, 5) is 10.9. The number of hydrazone groups is 1. The van der Waals surface area contributed by atoms with Crippen molar-refractivity contribution >= 4 is 35.2 Å². The first kappa shape index (κ1) is 15.5. The molecule has 7 heteroatoms. The lowest BCUT2D eigenvalue weighted by Gasteiger charge is -2.13. The number of benzene rings is 2. The van der Waals surface area contributed by atoms with E-state index in [1.165, 1.54) is 24.4 Å². The Morgan fingerprint density at radius 3 is 2.59 bits per heavy atom. The molecule has 0 spiro atoms. The van der Waals surface area contributed by atoms with Crippen LogP contribution in [0.15, 0.2) is 53.6 Å². The van der Waals surface area contributed by atoms with E-state index in [2.05, 4.69) is 15.8 Å². The second-order valence-corrected chi connectivity index (χ2v) is 4.63. The summed E-state index contributed by atoms with van der Waals surface area (Å²) in [6, 6.07) is 13.5. The minimum absolute atomic E-state index is 0.162. The number of aromatic carboxylic acids is 1. The molecule has 0 heterocycles. The normalized spacial score (nSPS) is 10.4. The monoisotopic (exact) mass is 314 g/mol. The Balaban J connectivity index is 1.99. The number of hydrogen-bond donors (Lipinski definition) is 3. The van der Waals surface area contributed by atoms with Gasteiger partial charge >= 0.3 is 5.97 Å². The zero-order chi connectivity index (χ0) is 15.9. The summed E-state index contributed by atoms with van der Waals surface area (Å²) < 4.78 is 0. The van der Waals surface area contributed by atoms with Gasteiger partial charge in [0.15, 0.2) is 5.11 Å². The lowest BCUT2D eigenvalue weighted by atomic mass is 10.1.